The van der Waals surface area contributed by atoms with E-state index in [1.807, 2.05) is 6.07 Å². The molecule has 1 aromatic rings. The second kappa shape index (κ2) is 4.32. The van der Waals surface area contributed by atoms with Crippen molar-refractivity contribution >= 4 is 11.7 Å². The lowest BCUT2D eigenvalue weighted by Gasteiger charge is -2.16. The fraction of sp³-hybridized carbons (Fsp3) is 0.615. The van der Waals surface area contributed by atoms with Crippen molar-refractivity contribution in [2.45, 2.75) is 27.2 Å². The van der Waals surface area contributed by atoms with Crippen molar-refractivity contribution in [3.8, 4) is 0 Å². The van der Waals surface area contributed by atoms with Crippen LogP contribution in [0.25, 0.3) is 0 Å². The SMILES string of the molecule is CC(=O)c1ccc(N2CCC(C(C)C)C2)o1. The molecular formula is C13H19NO2. The number of furan rings is 1. The van der Waals surface area contributed by atoms with Crippen LogP contribution in [0.4, 0.5) is 5.88 Å². The largest absolute Gasteiger partial charge is 0.437 e. The van der Waals surface area contributed by atoms with Crippen molar-refractivity contribution in [1.29, 1.82) is 0 Å². The van der Waals surface area contributed by atoms with E-state index in [2.05, 4.69) is 18.7 Å². The molecule has 0 aromatic carbocycles. The van der Waals surface area contributed by atoms with Gasteiger partial charge in [0.15, 0.2) is 17.4 Å². The van der Waals surface area contributed by atoms with Gasteiger partial charge < -0.3 is 9.32 Å². The highest BCUT2D eigenvalue weighted by Crippen LogP contribution is 2.29. The lowest BCUT2D eigenvalue weighted by molar-refractivity contribution is 0.0988. The molecule has 3 heteroatoms. The quantitative estimate of drug-likeness (QED) is 0.736. The van der Waals surface area contributed by atoms with Crippen molar-refractivity contribution in [3.05, 3.63) is 17.9 Å². The zero-order valence-corrected chi connectivity index (χ0v) is 10.2. The van der Waals surface area contributed by atoms with E-state index in [0.29, 0.717) is 11.7 Å². The van der Waals surface area contributed by atoms with Crippen LogP contribution in [0.5, 0.6) is 0 Å². The number of hydrogen-bond donors (Lipinski definition) is 0. The summed E-state index contributed by atoms with van der Waals surface area (Å²) in [5, 5.41) is 0. The van der Waals surface area contributed by atoms with E-state index in [0.717, 1.165) is 24.9 Å². The number of hydrogen-bond acceptors (Lipinski definition) is 3. The molecule has 0 amide bonds. The first-order valence-electron chi connectivity index (χ1n) is 5.93. The third kappa shape index (κ3) is 2.13. The van der Waals surface area contributed by atoms with E-state index in [1.54, 1.807) is 6.07 Å². The summed E-state index contributed by atoms with van der Waals surface area (Å²) < 4.78 is 5.53. The molecule has 1 unspecified atom stereocenters. The van der Waals surface area contributed by atoms with Gasteiger partial charge in [0.05, 0.1) is 0 Å². The van der Waals surface area contributed by atoms with Gasteiger partial charge in [0.2, 0.25) is 0 Å². The fourth-order valence-electron chi connectivity index (χ4n) is 2.22. The van der Waals surface area contributed by atoms with Crippen molar-refractivity contribution in [1.82, 2.24) is 0 Å². The van der Waals surface area contributed by atoms with Crippen LogP contribution in [-0.4, -0.2) is 18.9 Å². The normalized spacial score (nSPS) is 20.8. The Kier molecular flexibility index (Phi) is 3.03. The molecule has 3 nitrogen and oxygen atoms in total. The first kappa shape index (κ1) is 11.2. The number of ketones is 1. The topological polar surface area (TPSA) is 33.5 Å². The van der Waals surface area contributed by atoms with Gasteiger partial charge >= 0.3 is 0 Å². The van der Waals surface area contributed by atoms with Crippen LogP contribution in [0, 0.1) is 11.8 Å². The molecule has 1 atom stereocenters. The molecule has 0 saturated carbocycles. The number of anilines is 1. The Balaban J connectivity index is 2.06. The second-order valence-electron chi connectivity index (χ2n) is 4.93. The monoisotopic (exact) mass is 221 g/mol. The van der Waals surface area contributed by atoms with Crippen molar-refractivity contribution in [2.24, 2.45) is 11.8 Å². The highest BCUT2D eigenvalue weighted by Gasteiger charge is 2.26. The van der Waals surface area contributed by atoms with Gasteiger partial charge in [-0.3, -0.25) is 4.79 Å². The van der Waals surface area contributed by atoms with Gasteiger partial charge in [-0.05, 0) is 24.3 Å². The summed E-state index contributed by atoms with van der Waals surface area (Å²) in [6, 6.07) is 3.67. The molecule has 1 aliphatic rings. The molecule has 88 valence electrons. The molecule has 1 aliphatic heterocycles. The molecule has 0 radical (unpaired) electrons. The molecule has 2 heterocycles. The average Bonchev–Trinajstić information content (AvgIpc) is 2.86. The van der Waals surface area contributed by atoms with Crippen molar-refractivity contribution in [2.75, 3.05) is 18.0 Å². The van der Waals surface area contributed by atoms with Crippen molar-refractivity contribution < 1.29 is 9.21 Å². The van der Waals surface area contributed by atoms with Crippen LogP contribution in [0.1, 0.15) is 37.7 Å². The fourth-order valence-corrected chi connectivity index (χ4v) is 2.22. The van der Waals surface area contributed by atoms with E-state index in [4.69, 9.17) is 4.42 Å². The summed E-state index contributed by atoms with van der Waals surface area (Å²) in [5.74, 6) is 2.75. The van der Waals surface area contributed by atoms with Crippen molar-refractivity contribution in [3.63, 3.8) is 0 Å². The highest BCUT2D eigenvalue weighted by molar-refractivity contribution is 5.91. The summed E-state index contributed by atoms with van der Waals surface area (Å²) in [6.07, 6.45) is 1.22. The van der Waals surface area contributed by atoms with E-state index >= 15 is 0 Å². The maximum Gasteiger partial charge on any atom is 0.196 e. The molecule has 1 fully saturated rings. The Hall–Kier alpha value is -1.25. The Morgan fingerprint density at radius 1 is 1.50 bits per heavy atom. The second-order valence-corrected chi connectivity index (χ2v) is 4.93. The van der Waals surface area contributed by atoms with E-state index in [1.165, 1.54) is 13.3 Å². The lowest BCUT2D eigenvalue weighted by Crippen LogP contribution is -2.20. The highest BCUT2D eigenvalue weighted by atomic mass is 16.4. The molecule has 1 saturated heterocycles. The molecule has 0 spiro atoms. The van der Waals surface area contributed by atoms with Gasteiger partial charge in [0, 0.05) is 26.1 Å². The summed E-state index contributed by atoms with van der Waals surface area (Å²) in [5.41, 5.74) is 0. The Labute approximate surface area is 96.4 Å². The van der Waals surface area contributed by atoms with Crippen LogP contribution in [0.3, 0.4) is 0 Å². The van der Waals surface area contributed by atoms with Gasteiger partial charge in [-0.15, -0.1) is 0 Å². The van der Waals surface area contributed by atoms with E-state index < -0.39 is 0 Å². The van der Waals surface area contributed by atoms with E-state index in [9.17, 15) is 4.79 Å². The first-order valence-corrected chi connectivity index (χ1v) is 5.93. The lowest BCUT2D eigenvalue weighted by atomic mass is 9.95. The molecule has 1 aromatic heterocycles. The number of carbonyl (C=O) groups excluding carboxylic acids is 1. The summed E-state index contributed by atoms with van der Waals surface area (Å²) in [7, 11) is 0. The minimum absolute atomic E-state index is 0.00847. The van der Waals surface area contributed by atoms with Crippen LogP contribution in [-0.2, 0) is 0 Å². The predicted octanol–water partition coefficient (Wildman–Crippen LogP) is 2.96. The number of rotatable bonds is 3. The summed E-state index contributed by atoms with van der Waals surface area (Å²) in [6.45, 7) is 8.13. The number of carbonyl (C=O) groups is 1. The third-order valence-corrected chi connectivity index (χ3v) is 3.42. The minimum atomic E-state index is -0.00847. The smallest absolute Gasteiger partial charge is 0.196 e. The Morgan fingerprint density at radius 2 is 2.25 bits per heavy atom. The number of nitrogens with zero attached hydrogens (tertiary/aromatic N) is 1. The first-order chi connectivity index (χ1) is 7.58. The standard InChI is InChI=1S/C13H19NO2/c1-9(2)11-6-7-14(8-11)13-5-4-12(16-13)10(3)15/h4-5,9,11H,6-8H2,1-3H3. The van der Waals surface area contributed by atoms with Gasteiger partial charge in [0.25, 0.3) is 0 Å². The molecular weight excluding hydrogens is 202 g/mol. The zero-order valence-electron chi connectivity index (χ0n) is 10.2. The molecule has 2 rings (SSSR count). The van der Waals surface area contributed by atoms with Gasteiger partial charge in [-0.25, -0.2) is 0 Å². The van der Waals surface area contributed by atoms with E-state index in [-0.39, 0.29) is 5.78 Å². The molecule has 0 aliphatic carbocycles. The summed E-state index contributed by atoms with van der Waals surface area (Å²) >= 11 is 0. The third-order valence-electron chi connectivity index (χ3n) is 3.42. The van der Waals surface area contributed by atoms with Crippen LogP contribution in [0.2, 0.25) is 0 Å². The van der Waals surface area contributed by atoms with Crippen LogP contribution >= 0.6 is 0 Å². The zero-order chi connectivity index (χ0) is 11.7. The maximum absolute atomic E-state index is 11.1. The Morgan fingerprint density at radius 3 is 2.75 bits per heavy atom. The maximum atomic E-state index is 11.1. The van der Waals surface area contributed by atoms with Gasteiger partial charge in [0.1, 0.15) is 0 Å². The molecule has 16 heavy (non-hydrogen) atoms. The predicted molar refractivity (Wildman–Crippen MR) is 63.9 cm³/mol. The molecule has 0 bridgehead atoms. The Bertz CT molecular complexity index is 381. The van der Waals surface area contributed by atoms with Gasteiger partial charge in [-0.2, -0.15) is 0 Å². The minimum Gasteiger partial charge on any atom is -0.437 e. The number of Topliss-reactive ketones (excluding diaryl/α,β-unsaturated/α-hetero) is 1. The van der Waals surface area contributed by atoms with Crippen LogP contribution in [0.15, 0.2) is 16.5 Å². The van der Waals surface area contributed by atoms with Gasteiger partial charge in [-0.1, -0.05) is 13.8 Å². The van der Waals surface area contributed by atoms with Crippen LogP contribution < -0.4 is 4.90 Å². The molecule has 0 N–H and O–H groups in total. The summed E-state index contributed by atoms with van der Waals surface area (Å²) in [4.78, 5) is 13.4. The average molecular weight is 221 g/mol.